The maximum atomic E-state index is 12.8. The molecular weight excluding hydrogens is 396 g/mol. The Hall–Kier alpha value is -3.44. The van der Waals surface area contributed by atoms with E-state index in [9.17, 15) is 4.79 Å². The number of amides is 1. The largest absolute Gasteiger partial charge is 0.345 e. The molecular formula is C24H21ClN4O. The van der Waals surface area contributed by atoms with Crippen molar-refractivity contribution in [2.75, 3.05) is 0 Å². The monoisotopic (exact) mass is 416 g/mol. The highest BCUT2D eigenvalue weighted by molar-refractivity contribution is 6.30. The number of halogens is 1. The number of aromatic nitrogens is 3. The second kappa shape index (κ2) is 8.51. The van der Waals surface area contributed by atoms with E-state index in [0.717, 1.165) is 27.9 Å². The third-order valence-corrected chi connectivity index (χ3v) is 5.02. The van der Waals surface area contributed by atoms with E-state index in [-0.39, 0.29) is 11.7 Å². The fourth-order valence-corrected chi connectivity index (χ4v) is 3.39. The SMILES string of the molecule is Cc1ccc(C)c(-n2nc(C(=O)NCc3ccccc3)nc2-c2cccc(Cl)c2)c1. The summed E-state index contributed by atoms with van der Waals surface area (Å²) >= 11 is 6.20. The van der Waals surface area contributed by atoms with E-state index in [2.05, 4.69) is 15.4 Å². The first kappa shape index (κ1) is 19.9. The van der Waals surface area contributed by atoms with Crippen molar-refractivity contribution in [2.45, 2.75) is 20.4 Å². The lowest BCUT2D eigenvalue weighted by atomic mass is 10.1. The molecule has 0 saturated heterocycles. The summed E-state index contributed by atoms with van der Waals surface area (Å²) in [5, 5.41) is 8.04. The Kier molecular flexibility index (Phi) is 5.63. The first-order valence-corrected chi connectivity index (χ1v) is 10.0. The van der Waals surface area contributed by atoms with Crippen LogP contribution >= 0.6 is 11.6 Å². The zero-order chi connectivity index (χ0) is 21.1. The molecule has 4 rings (SSSR count). The lowest BCUT2D eigenvalue weighted by Gasteiger charge is -2.10. The maximum absolute atomic E-state index is 12.8. The number of hydrogen-bond donors (Lipinski definition) is 1. The molecule has 0 aliphatic heterocycles. The molecule has 0 unspecified atom stereocenters. The van der Waals surface area contributed by atoms with Gasteiger partial charge in [0, 0.05) is 17.1 Å². The summed E-state index contributed by atoms with van der Waals surface area (Å²) in [5.41, 5.74) is 4.80. The van der Waals surface area contributed by atoms with Gasteiger partial charge in [0.25, 0.3) is 5.91 Å². The van der Waals surface area contributed by atoms with Crippen LogP contribution in [0.25, 0.3) is 17.1 Å². The summed E-state index contributed by atoms with van der Waals surface area (Å²) in [6.07, 6.45) is 0. The Bertz CT molecular complexity index is 1200. The summed E-state index contributed by atoms with van der Waals surface area (Å²) in [6.45, 7) is 4.43. The van der Waals surface area contributed by atoms with Crippen LogP contribution in [0, 0.1) is 13.8 Å². The number of nitrogens with one attached hydrogen (secondary N) is 1. The van der Waals surface area contributed by atoms with Gasteiger partial charge in [0.05, 0.1) is 5.69 Å². The minimum absolute atomic E-state index is 0.113. The fourth-order valence-electron chi connectivity index (χ4n) is 3.20. The van der Waals surface area contributed by atoms with E-state index < -0.39 is 0 Å². The number of carbonyl (C=O) groups is 1. The van der Waals surface area contributed by atoms with Crippen molar-refractivity contribution in [2.24, 2.45) is 0 Å². The summed E-state index contributed by atoms with van der Waals surface area (Å²) in [6, 6.07) is 23.2. The Balaban J connectivity index is 1.74. The van der Waals surface area contributed by atoms with E-state index in [1.165, 1.54) is 0 Å². The quantitative estimate of drug-likeness (QED) is 0.490. The summed E-state index contributed by atoms with van der Waals surface area (Å²) in [7, 11) is 0. The number of aryl methyl sites for hydroxylation is 2. The summed E-state index contributed by atoms with van der Waals surface area (Å²) in [4.78, 5) is 17.4. The fraction of sp³-hybridized carbons (Fsp3) is 0.125. The van der Waals surface area contributed by atoms with E-state index in [1.54, 1.807) is 10.7 Å². The number of benzene rings is 3. The molecule has 150 valence electrons. The maximum Gasteiger partial charge on any atom is 0.291 e. The number of nitrogens with zero attached hydrogens (tertiary/aromatic N) is 3. The molecule has 0 spiro atoms. The van der Waals surface area contributed by atoms with Crippen molar-refractivity contribution in [3.63, 3.8) is 0 Å². The predicted octanol–water partition coefficient (Wildman–Crippen LogP) is 5.13. The zero-order valence-electron chi connectivity index (χ0n) is 16.8. The number of carbonyl (C=O) groups excluding carboxylic acids is 1. The summed E-state index contributed by atoms with van der Waals surface area (Å²) in [5.74, 6) is 0.351. The van der Waals surface area contributed by atoms with E-state index in [4.69, 9.17) is 11.6 Å². The van der Waals surface area contributed by atoms with Crippen LogP contribution in [0.15, 0.2) is 72.8 Å². The highest BCUT2D eigenvalue weighted by Crippen LogP contribution is 2.26. The van der Waals surface area contributed by atoms with Gasteiger partial charge < -0.3 is 5.32 Å². The van der Waals surface area contributed by atoms with Crippen molar-refractivity contribution < 1.29 is 4.79 Å². The van der Waals surface area contributed by atoms with Gasteiger partial charge in [-0.2, -0.15) is 0 Å². The van der Waals surface area contributed by atoms with E-state index in [1.807, 2.05) is 80.6 Å². The van der Waals surface area contributed by atoms with Crippen molar-refractivity contribution in [1.82, 2.24) is 20.1 Å². The minimum Gasteiger partial charge on any atom is -0.345 e. The molecule has 30 heavy (non-hydrogen) atoms. The van der Waals surface area contributed by atoms with E-state index >= 15 is 0 Å². The third-order valence-electron chi connectivity index (χ3n) is 4.78. The molecule has 0 fully saturated rings. The molecule has 5 nitrogen and oxygen atoms in total. The van der Waals surface area contributed by atoms with Gasteiger partial charge in [-0.05, 0) is 48.7 Å². The summed E-state index contributed by atoms with van der Waals surface area (Å²) < 4.78 is 1.71. The number of rotatable bonds is 5. The van der Waals surface area contributed by atoms with Crippen LogP contribution in [-0.2, 0) is 6.54 Å². The van der Waals surface area contributed by atoms with Crippen molar-refractivity contribution in [3.8, 4) is 17.1 Å². The van der Waals surface area contributed by atoms with Gasteiger partial charge in [-0.25, -0.2) is 9.67 Å². The lowest BCUT2D eigenvalue weighted by Crippen LogP contribution is -2.24. The normalized spacial score (nSPS) is 10.8. The lowest BCUT2D eigenvalue weighted by molar-refractivity contribution is 0.0940. The molecule has 3 aromatic carbocycles. The molecule has 0 saturated carbocycles. The molecule has 0 radical (unpaired) electrons. The second-order valence-corrected chi connectivity index (χ2v) is 7.58. The Labute approximate surface area is 180 Å². The van der Waals surface area contributed by atoms with Crippen LogP contribution in [0.5, 0.6) is 0 Å². The van der Waals surface area contributed by atoms with E-state index in [0.29, 0.717) is 17.4 Å². The predicted molar refractivity (Wildman–Crippen MR) is 119 cm³/mol. The average molecular weight is 417 g/mol. The van der Waals surface area contributed by atoms with Gasteiger partial charge in [-0.15, -0.1) is 5.10 Å². The van der Waals surface area contributed by atoms with Crippen LogP contribution in [0.2, 0.25) is 5.02 Å². The van der Waals surface area contributed by atoms with Gasteiger partial charge in [-0.1, -0.05) is 66.2 Å². The average Bonchev–Trinajstić information content (AvgIpc) is 3.20. The minimum atomic E-state index is -0.328. The highest BCUT2D eigenvalue weighted by atomic mass is 35.5. The van der Waals surface area contributed by atoms with Gasteiger partial charge >= 0.3 is 0 Å². The molecule has 0 aliphatic rings. The topological polar surface area (TPSA) is 59.8 Å². The zero-order valence-corrected chi connectivity index (χ0v) is 17.5. The molecule has 1 amide bonds. The van der Waals surface area contributed by atoms with Crippen molar-refractivity contribution in [1.29, 1.82) is 0 Å². The molecule has 1 heterocycles. The van der Waals surface area contributed by atoms with Crippen LogP contribution < -0.4 is 5.32 Å². The van der Waals surface area contributed by atoms with Crippen molar-refractivity contribution in [3.05, 3.63) is 100 Å². The Morgan fingerprint density at radius 2 is 1.80 bits per heavy atom. The van der Waals surface area contributed by atoms with Crippen LogP contribution in [-0.4, -0.2) is 20.7 Å². The van der Waals surface area contributed by atoms with Gasteiger partial charge in [-0.3, -0.25) is 4.79 Å². The van der Waals surface area contributed by atoms with Crippen molar-refractivity contribution >= 4 is 17.5 Å². The first-order chi connectivity index (χ1) is 14.5. The Morgan fingerprint density at radius 1 is 1.00 bits per heavy atom. The molecule has 0 aliphatic carbocycles. The van der Waals surface area contributed by atoms with Crippen LogP contribution in [0.3, 0.4) is 0 Å². The molecule has 0 atom stereocenters. The van der Waals surface area contributed by atoms with Gasteiger partial charge in [0.15, 0.2) is 5.82 Å². The first-order valence-electron chi connectivity index (χ1n) is 9.64. The standard InChI is InChI=1S/C24H21ClN4O/c1-16-11-12-17(2)21(13-16)29-23(19-9-6-10-20(25)14-19)27-22(28-29)24(30)26-15-18-7-4-3-5-8-18/h3-14H,15H2,1-2H3,(H,26,30). The molecule has 0 bridgehead atoms. The third kappa shape index (κ3) is 4.26. The second-order valence-electron chi connectivity index (χ2n) is 7.14. The molecule has 1 aromatic heterocycles. The van der Waals surface area contributed by atoms with Crippen LogP contribution in [0.4, 0.5) is 0 Å². The number of hydrogen-bond acceptors (Lipinski definition) is 3. The molecule has 6 heteroatoms. The molecule has 1 N–H and O–H groups in total. The smallest absolute Gasteiger partial charge is 0.291 e. The van der Waals surface area contributed by atoms with Gasteiger partial charge in [0.1, 0.15) is 0 Å². The van der Waals surface area contributed by atoms with Crippen LogP contribution in [0.1, 0.15) is 27.3 Å². The van der Waals surface area contributed by atoms with Gasteiger partial charge in [0.2, 0.25) is 5.82 Å². The molecule has 4 aromatic rings. The highest BCUT2D eigenvalue weighted by Gasteiger charge is 2.20. The Morgan fingerprint density at radius 3 is 2.57 bits per heavy atom.